The standard InChI is InChI=1S/C20H25N5O3S/c1-16(17-5-7-18(8-6-17)25-15-21-14-22-25)23(2)13-19-9-10-20(28-19)29(26,27)24-11-3-4-12-24/h5-10,14-16H,3-4,11-13H2,1-2H3/t16-/m1/s1. The van der Waals surface area contributed by atoms with Gasteiger partial charge in [-0.25, -0.2) is 18.1 Å². The van der Waals surface area contributed by atoms with Crippen molar-refractivity contribution in [1.82, 2.24) is 24.0 Å². The summed E-state index contributed by atoms with van der Waals surface area (Å²) in [5, 5.41) is 4.17. The van der Waals surface area contributed by atoms with Gasteiger partial charge in [0.25, 0.3) is 10.0 Å². The van der Waals surface area contributed by atoms with E-state index in [2.05, 4.69) is 34.0 Å². The summed E-state index contributed by atoms with van der Waals surface area (Å²) in [6.45, 7) is 3.76. The lowest BCUT2D eigenvalue weighted by Gasteiger charge is -2.24. The van der Waals surface area contributed by atoms with E-state index in [-0.39, 0.29) is 11.1 Å². The van der Waals surface area contributed by atoms with Crippen molar-refractivity contribution in [3.63, 3.8) is 0 Å². The lowest BCUT2D eigenvalue weighted by Crippen LogP contribution is -2.27. The molecule has 3 aromatic rings. The van der Waals surface area contributed by atoms with Gasteiger partial charge in [0.1, 0.15) is 18.4 Å². The van der Waals surface area contributed by atoms with Gasteiger partial charge in [-0.1, -0.05) is 12.1 Å². The summed E-state index contributed by atoms with van der Waals surface area (Å²) >= 11 is 0. The molecule has 0 aliphatic carbocycles. The van der Waals surface area contributed by atoms with Crippen LogP contribution in [-0.4, -0.2) is 52.5 Å². The first-order chi connectivity index (χ1) is 13.9. The molecule has 1 aliphatic rings. The minimum Gasteiger partial charge on any atom is -0.447 e. The maximum Gasteiger partial charge on any atom is 0.276 e. The summed E-state index contributed by atoms with van der Waals surface area (Å²) < 4.78 is 34.2. The van der Waals surface area contributed by atoms with Gasteiger partial charge in [-0.2, -0.15) is 9.40 Å². The zero-order chi connectivity index (χ0) is 20.4. The van der Waals surface area contributed by atoms with Crippen LogP contribution in [0.5, 0.6) is 0 Å². The average molecular weight is 416 g/mol. The molecule has 0 amide bonds. The second kappa shape index (κ2) is 8.10. The number of sulfonamides is 1. The predicted octanol–water partition coefficient (Wildman–Crippen LogP) is 2.84. The van der Waals surface area contributed by atoms with Crippen LogP contribution in [0, 0.1) is 0 Å². The van der Waals surface area contributed by atoms with Crippen molar-refractivity contribution in [3.8, 4) is 5.69 Å². The molecule has 0 N–H and O–H groups in total. The van der Waals surface area contributed by atoms with Crippen LogP contribution in [-0.2, 0) is 16.6 Å². The molecule has 1 saturated heterocycles. The maximum atomic E-state index is 12.6. The molecule has 0 bridgehead atoms. The number of hydrogen-bond donors (Lipinski definition) is 0. The summed E-state index contributed by atoms with van der Waals surface area (Å²) in [7, 11) is -1.52. The minimum absolute atomic E-state index is 0.0349. The van der Waals surface area contributed by atoms with E-state index in [1.54, 1.807) is 23.1 Å². The first kappa shape index (κ1) is 19.8. The van der Waals surface area contributed by atoms with Crippen molar-refractivity contribution >= 4 is 10.0 Å². The van der Waals surface area contributed by atoms with Crippen LogP contribution in [0.25, 0.3) is 5.69 Å². The summed E-state index contributed by atoms with van der Waals surface area (Å²) in [4.78, 5) is 6.08. The fourth-order valence-electron chi connectivity index (χ4n) is 3.52. The Morgan fingerprint density at radius 2 is 1.86 bits per heavy atom. The van der Waals surface area contributed by atoms with Gasteiger partial charge in [-0.3, -0.25) is 4.90 Å². The third-order valence-electron chi connectivity index (χ3n) is 5.42. The maximum absolute atomic E-state index is 12.6. The Labute approximate surface area is 170 Å². The Bertz CT molecular complexity index is 1040. The first-order valence-electron chi connectivity index (χ1n) is 9.69. The summed E-state index contributed by atoms with van der Waals surface area (Å²) in [6.07, 6.45) is 4.98. The molecular weight excluding hydrogens is 390 g/mol. The quantitative estimate of drug-likeness (QED) is 0.590. The first-order valence-corrected chi connectivity index (χ1v) is 11.1. The van der Waals surface area contributed by atoms with Gasteiger partial charge < -0.3 is 4.42 Å². The molecule has 0 unspecified atom stereocenters. The number of rotatable bonds is 7. The number of benzene rings is 1. The minimum atomic E-state index is -3.52. The van der Waals surface area contributed by atoms with Gasteiger partial charge in [0.05, 0.1) is 12.2 Å². The van der Waals surface area contributed by atoms with Crippen LogP contribution in [0.2, 0.25) is 0 Å². The van der Waals surface area contributed by atoms with Crippen molar-refractivity contribution in [2.45, 2.75) is 37.4 Å². The normalized spacial score (nSPS) is 16.5. The molecule has 4 rings (SSSR count). The molecular formula is C20H25N5O3S. The number of hydrogen-bond acceptors (Lipinski definition) is 6. The van der Waals surface area contributed by atoms with E-state index >= 15 is 0 Å². The van der Waals surface area contributed by atoms with Crippen LogP contribution in [0.4, 0.5) is 0 Å². The second-order valence-corrected chi connectivity index (χ2v) is 9.22. The van der Waals surface area contributed by atoms with Crippen LogP contribution in [0.15, 0.2) is 58.6 Å². The highest BCUT2D eigenvalue weighted by molar-refractivity contribution is 7.89. The largest absolute Gasteiger partial charge is 0.447 e. The summed E-state index contributed by atoms with van der Waals surface area (Å²) in [5.41, 5.74) is 2.09. The van der Waals surface area contributed by atoms with Gasteiger partial charge in [0, 0.05) is 19.1 Å². The molecule has 1 atom stereocenters. The van der Waals surface area contributed by atoms with Crippen LogP contribution in [0.1, 0.15) is 37.1 Å². The molecule has 0 spiro atoms. The smallest absolute Gasteiger partial charge is 0.276 e. The molecule has 3 heterocycles. The van der Waals surface area contributed by atoms with E-state index in [9.17, 15) is 8.42 Å². The molecule has 2 aromatic heterocycles. The number of aromatic nitrogens is 3. The monoisotopic (exact) mass is 415 g/mol. The van der Waals surface area contributed by atoms with E-state index in [1.165, 1.54) is 10.6 Å². The van der Waals surface area contributed by atoms with Crippen molar-refractivity contribution in [1.29, 1.82) is 0 Å². The number of nitrogens with zero attached hydrogens (tertiary/aromatic N) is 5. The van der Waals surface area contributed by atoms with E-state index in [4.69, 9.17) is 4.42 Å². The third-order valence-corrected chi connectivity index (χ3v) is 7.19. The Morgan fingerprint density at radius 1 is 1.14 bits per heavy atom. The molecule has 8 nitrogen and oxygen atoms in total. The summed E-state index contributed by atoms with van der Waals surface area (Å²) in [6, 6.07) is 11.6. The Kier molecular flexibility index (Phi) is 5.53. The van der Waals surface area contributed by atoms with Crippen LogP contribution < -0.4 is 0 Å². The fraction of sp³-hybridized carbons (Fsp3) is 0.400. The van der Waals surface area contributed by atoms with E-state index in [0.717, 1.165) is 24.1 Å². The van der Waals surface area contributed by atoms with Crippen molar-refractivity contribution in [3.05, 3.63) is 60.4 Å². The molecule has 0 radical (unpaired) electrons. The zero-order valence-electron chi connectivity index (χ0n) is 16.6. The van der Waals surface area contributed by atoms with Gasteiger partial charge in [-0.05, 0) is 56.6 Å². The van der Waals surface area contributed by atoms with Gasteiger partial charge in [0.2, 0.25) is 5.09 Å². The second-order valence-electron chi connectivity index (χ2n) is 7.35. The van der Waals surface area contributed by atoms with Crippen molar-refractivity contribution in [2.24, 2.45) is 0 Å². The highest BCUT2D eigenvalue weighted by atomic mass is 32.2. The highest BCUT2D eigenvalue weighted by Gasteiger charge is 2.30. The highest BCUT2D eigenvalue weighted by Crippen LogP contribution is 2.26. The van der Waals surface area contributed by atoms with E-state index < -0.39 is 10.0 Å². The van der Waals surface area contributed by atoms with Crippen LogP contribution >= 0.6 is 0 Å². The third kappa shape index (κ3) is 4.12. The molecule has 1 fully saturated rings. The zero-order valence-corrected chi connectivity index (χ0v) is 17.4. The van der Waals surface area contributed by atoms with E-state index in [0.29, 0.717) is 25.4 Å². The topological polar surface area (TPSA) is 84.5 Å². The Balaban J connectivity index is 1.42. The Morgan fingerprint density at radius 3 is 2.52 bits per heavy atom. The Hall–Kier alpha value is -2.49. The van der Waals surface area contributed by atoms with Crippen molar-refractivity contribution in [2.75, 3.05) is 20.1 Å². The van der Waals surface area contributed by atoms with E-state index in [1.807, 2.05) is 19.2 Å². The molecule has 9 heteroatoms. The summed E-state index contributed by atoms with van der Waals surface area (Å²) in [5.74, 6) is 0.636. The van der Waals surface area contributed by atoms with Crippen molar-refractivity contribution < 1.29 is 12.8 Å². The van der Waals surface area contributed by atoms with Gasteiger partial charge in [0.15, 0.2) is 0 Å². The lowest BCUT2D eigenvalue weighted by atomic mass is 10.1. The van der Waals surface area contributed by atoms with Crippen LogP contribution in [0.3, 0.4) is 0 Å². The molecule has 1 aliphatic heterocycles. The lowest BCUT2D eigenvalue weighted by molar-refractivity contribution is 0.225. The number of furan rings is 1. The molecule has 154 valence electrons. The van der Waals surface area contributed by atoms with Gasteiger partial charge >= 0.3 is 0 Å². The molecule has 29 heavy (non-hydrogen) atoms. The molecule has 0 saturated carbocycles. The fourth-order valence-corrected chi connectivity index (χ4v) is 4.97. The predicted molar refractivity (Wildman–Crippen MR) is 108 cm³/mol. The van der Waals surface area contributed by atoms with Gasteiger partial charge in [-0.15, -0.1) is 0 Å². The SMILES string of the molecule is C[C@H](c1ccc(-n2cncn2)cc1)N(C)Cc1ccc(S(=O)(=O)N2CCCC2)o1. The average Bonchev–Trinajstić information content (AvgIpc) is 3.50. The molecule has 1 aromatic carbocycles.